The molecule has 0 amide bonds. The second-order valence-corrected chi connectivity index (χ2v) is 10.5. The van der Waals surface area contributed by atoms with E-state index >= 15 is 0 Å². The Kier molecular flexibility index (Phi) is 7.91. The Balaban J connectivity index is 1.74. The number of hydrogen-bond acceptors (Lipinski definition) is 0. The van der Waals surface area contributed by atoms with Gasteiger partial charge in [-0.05, 0) is 94.5 Å². The first-order valence-corrected chi connectivity index (χ1v) is 13.2. The van der Waals surface area contributed by atoms with Crippen LogP contribution in [0.5, 0.6) is 0 Å². The molecule has 0 heterocycles. The van der Waals surface area contributed by atoms with Crippen molar-refractivity contribution in [2.75, 3.05) is 0 Å². The lowest BCUT2D eigenvalue weighted by Crippen LogP contribution is -2.08. The Labute approximate surface area is 213 Å². The molecule has 4 aromatic rings. The smallest absolute Gasteiger partial charge is 0.0135 e. The lowest BCUT2D eigenvalue weighted by Gasteiger charge is -2.25. The van der Waals surface area contributed by atoms with Gasteiger partial charge >= 0.3 is 0 Å². The van der Waals surface area contributed by atoms with Crippen LogP contribution in [0.2, 0.25) is 0 Å². The third-order valence-electron chi connectivity index (χ3n) is 7.67. The summed E-state index contributed by atoms with van der Waals surface area (Å²) < 4.78 is 0. The van der Waals surface area contributed by atoms with Crippen LogP contribution >= 0.6 is 0 Å². The van der Waals surface area contributed by atoms with Crippen LogP contribution in [0.1, 0.15) is 73.8 Å². The first-order valence-electron chi connectivity index (χ1n) is 13.2. The minimum absolute atomic E-state index is 0.424. The van der Waals surface area contributed by atoms with E-state index in [-0.39, 0.29) is 0 Å². The second-order valence-electron chi connectivity index (χ2n) is 10.5. The van der Waals surface area contributed by atoms with Crippen molar-refractivity contribution in [3.05, 3.63) is 119 Å². The predicted octanol–water partition coefficient (Wildman–Crippen LogP) is 10.1. The zero-order chi connectivity index (χ0) is 24.9. The van der Waals surface area contributed by atoms with Crippen LogP contribution in [-0.4, -0.2) is 0 Å². The van der Waals surface area contributed by atoms with Gasteiger partial charge in [-0.3, -0.25) is 0 Å². The van der Waals surface area contributed by atoms with E-state index in [4.69, 9.17) is 0 Å². The van der Waals surface area contributed by atoms with Gasteiger partial charge in [0.1, 0.15) is 0 Å². The van der Waals surface area contributed by atoms with Crippen LogP contribution in [0.4, 0.5) is 0 Å². The van der Waals surface area contributed by atoms with Crippen molar-refractivity contribution >= 4 is 0 Å². The van der Waals surface area contributed by atoms with E-state index in [2.05, 4.69) is 133 Å². The van der Waals surface area contributed by atoms with Crippen molar-refractivity contribution in [3.8, 4) is 22.3 Å². The van der Waals surface area contributed by atoms with Gasteiger partial charge in [0.15, 0.2) is 0 Å². The van der Waals surface area contributed by atoms with E-state index in [1.54, 1.807) is 0 Å². The summed E-state index contributed by atoms with van der Waals surface area (Å²) in [7, 11) is 0. The highest BCUT2D eigenvalue weighted by Crippen LogP contribution is 2.39. The van der Waals surface area contributed by atoms with Crippen molar-refractivity contribution in [2.45, 2.75) is 66.2 Å². The zero-order valence-corrected chi connectivity index (χ0v) is 22.3. The molecule has 0 bridgehead atoms. The number of aryl methyl sites for hydroxylation is 2. The molecule has 0 saturated heterocycles. The largest absolute Gasteiger partial charge is 0.0648 e. The van der Waals surface area contributed by atoms with Gasteiger partial charge in [-0.2, -0.15) is 0 Å². The van der Waals surface area contributed by atoms with Gasteiger partial charge in [0.25, 0.3) is 0 Å². The molecular weight excluding hydrogens is 420 g/mol. The third kappa shape index (κ3) is 5.43. The Hall–Kier alpha value is -3.12. The van der Waals surface area contributed by atoms with E-state index in [0.29, 0.717) is 17.8 Å². The molecule has 0 aliphatic heterocycles. The fourth-order valence-corrected chi connectivity index (χ4v) is 5.72. The van der Waals surface area contributed by atoms with E-state index in [1.165, 1.54) is 50.1 Å². The number of benzene rings is 4. The monoisotopic (exact) mass is 460 g/mol. The molecular formula is C35H40. The topological polar surface area (TPSA) is 0 Å². The maximum atomic E-state index is 2.48. The van der Waals surface area contributed by atoms with Gasteiger partial charge in [-0.15, -0.1) is 0 Å². The van der Waals surface area contributed by atoms with Gasteiger partial charge in [0.05, 0.1) is 0 Å². The van der Waals surface area contributed by atoms with Crippen molar-refractivity contribution < 1.29 is 0 Å². The van der Waals surface area contributed by atoms with Gasteiger partial charge in [-0.1, -0.05) is 119 Å². The summed E-state index contributed by atoms with van der Waals surface area (Å²) in [5, 5.41) is 0. The molecule has 0 aliphatic carbocycles. The average Bonchev–Trinajstić information content (AvgIpc) is 2.85. The van der Waals surface area contributed by atoms with Crippen LogP contribution in [-0.2, 0) is 6.42 Å². The Morgan fingerprint density at radius 3 is 1.69 bits per heavy atom. The highest BCUT2D eigenvalue weighted by atomic mass is 14.2. The van der Waals surface area contributed by atoms with Gasteiger partial charge in [-0.25, -0.2) is 0 Å². The maximum absolute atomic E-state index is 2.48. The maximum Gasteiger partial charge on any atom is -0.0135 e. The molecule has 0 fully saturated rings. The Morgan fingerprint density at radius 1 is 0.571 bits per heavy atom. The Bertz CT molecular complexity index is 1280. The molecule has 0 saturated carbocycles. The molecule has 2 atom stereocenters. The molecule has 0 heteroatoms. The molecule has 0 aliphatic rings. The van der Waals surface area contributed by atoms with Crippen LogP contribution in [0, 0.1) is 19.8 Å². The van der Waals surface area contributed by atoms with Gasteiger partial charge in [0.2, 0.25) is 0 Å². The van der Waals surface area contributed by atoms with E-state index in [1.807, 2.05) is 0 Å². The molecule has 0 spiro atoms. The van der Waals surface area contributed by atoms with Gasteiger partial charge < -0.3 is 0 Å². The molecule has 0 aromatic heterocycles. The highest BCUT2D eigenvalue weighted by Gasteiger charge is 2.20. The molecule has 35 heavy (non-hydrogen) atoms. The minimum Gasteiger partial charge on any atom is -0.0648 e. The first-order chi connectivity index (χ1) is 16.9. The van der Waals surface area contributed by atoms with Crippen LogP contribution in [0.3, 0.4) is 0 Å². The highest BCUT2D eigenvalue weighted by molar-refractivity contribution is 5.73. The third-order valence-corrected chi connectivity index (χ3v) is 7.67. The van der Waals surface area contributed by atoms with E-state index < -0.39 is 0 Å². The lowest BCUT2D eigenvalue weighted by atomic mass is 9.80. The van der Waals surface area contributed by atoms with Crippen molar-refractivity contribution in [1.29, 1.82) is 0 Å². The number of rotatable bonds is 8. The summed E-state index contributed by atoms with van der Waals surface area (Å²) in [6.45, 7) is 13.9. The van der Waals surface area contributed by atoms with Crippen molar-refractivity contribution in [3.63, 3.8) is 0 Å². The molecule has 4 aromatic carbocycles. The molecule has 0 nitrogen and oxygen atoms in total. The van der Waals surface area contributed by atoms with E-state index in [0.717, 1.165) is 12.8 Å². The summed E-state index contributed by atoms with van der Waals surface area (Å²) >= 11 is 0. The minimum atomic E-state index is 0.424. The SMILES string of the molecule is CCC(c1ccc(CC(C)c2ccccc2-c2ccccc2C)cc1-c1ccccc1C)C(C)C. The summed E-state index contributed by atoms with van der Waals surface area (Å²) in [5.41, 5.74) is 12.5. The first kappa shape index (κ1) is 25.0. The fraction of sp³-hybridized carbons (Fsp3) is 0.314. The molecule has 4 rings (SSSR count). The van der Waals surface area contributed by atoms with Crippen LogP contribution in [0.25, 0.3) is 22.3 Å². The number of hydrogen-bond donors (Lipinski definition) is 0. The van der Waals surface area contributed by atoms with E-state index in [9.17, 15) is 0 Å². The van der Waals surface area contributed by atoms with Crippen molar-refractivity contribution in [2.24, 2.45) is 5.92 Å². The predicted molar refractivity (Wildman–Crippen MR) is 153 cm³/mol. The molecule has 0 N–H and O–H groups in total. The average molecular weight is 461 g/mol. The summed E-state index contributed by atoms with van der Waals surface area (Å²) in [5.74, 6) is 1.61. The van der Waals surface area contributed by atoms with Crippen LogP contribution < -0.4 is 0 Å². The van der Waals surface area contributed by atoms with Crippen molar-refractivity contribution in [1.82, 2.24) is 0 Å². The summed E-state index contributed by atoms with van der Waals surface area (Å²) in [6, 6.07) is 33.8. The zero-order valence-electron chi connectivity index (χ0n) is 22.3. The lowest BCUT2D eigenvalue weighted by molar-refractivity contribution is 0.486. The quantitative estimate of drug-likeness (QED) is 0.245. The Morgan fingerprint density at radius 2 is 1.11 bits per heavy atom. The second kappa shape index (κ2) is 11.1. The fourth-order valence-electron chi connectivity index (χ4n) is 5.72. The van der Waals surface area contributed by atoms with Crippen LogP contribution in [0.15, 0.2) is 91.0 Å². The molecule has 0 radical (unpaired) electrons. The summed E-state index contributed by atoms with van der Waals surface area (Å²) in [4.78, 5) is 0. The molecule has 180 valence electrons. The normalized spacial score (nSPS) is 13.1. The van der Waals surface area contributed by atoms with Gasteiger partial charge in [0, 0.05) is 0 Å². The summed E-state index contributed by atoms with van der Waals surface area (Å²) in [6.07, 6.45) is 2.19. The standard InChI is InChI=1S/C35H40/c1-7-29(24(2)3)34-21-20-28(23-35(34)31-17-11-9-15-26(31)5)22-27(6)32-18-12-13-19-33(32)30-16-10-8-14-25(30)4/h8-21,23-24,27,29H,7,22H2,1-6H3. The molecule has 2 unspecified atom stereocenters.